The Labute approximate surface area is 149 Å². The quantitative estimate of drug-likeness (QED) is 0.860. The largest absolute Gasteiger partial charge is 0.453 e. The molecule has 1 atom stereocenters. The number of amides is 3. The standard InChI is InChI=1S/C17H20FN3O5/c1-3-4-20-14(22)6-10-5-11(7-13(18)15(10)20)21-9-12(26-17(21)24)8-19-16(23)25-2/h5,7,12H,3-4,6,8-9H2,1-2H3,(H,19,23)/t12-/m0/s1. The molecule has 0 aromatic heterocycles. The summed E-state index contributed by atoms with van der Waals surface area (Å²) in [5.41, 5.74) is 1.18. The molecular weight excluding hydrogens is 345 g/mol. The lowest BCUT2D eigenvalue weighted by atomic mass is 10.1. The maximum absolute atomic E-state index is 14.6. The van der Waals surface area contributed by atoms with E-state index in [0.29, 0.717) is 17.8 Å². The molecule has 2 aliphatic heterocycles. The first kappa shape index (κ1) is 18.0. The Morgan fingerprint density at radius 1 is 1.42 bits per heavy atom. The number of cyclic esters (lactones) is 1. The number of benzene rings is 1. The summed E-state index contributed by atoms with van der Waals surface area (Å²) < 4.78 is 24.3. The zero-order chi connectivity index (χ0) is 18.8. The monoisotopic (exact) mass is 365 g/mol. The van der Waals surface area contributed by atoms with Gasteiger partial charge in [-0.15, -0.1) is 0 Å². The molecule has 1 aromatic carbocycles. The molecule has 26 heavy (non-hydrogen) atoms. The van der Waals surface area contributed by atoms with Gasteiger partial charge in [0.2, 0.25) is 5.91 Å². The summed E-state index contributed by atoms with van der Waals surface area (Å²) in [6, 6.07) is 2.88. The number of rotatable bonds is 5. The van der Waals surface area contributed by atoms with Gasteiger partial charge in [0.1, 0.15) is 11.9 Å². The van der Waals surface area contributed by atoms with Gasteiger partial charge >= 0.3 is 12.2 Å². The van der Waals surface area contributed by atoms with Gasteiger partial charge in [0.25, 0.3) is 0 Å². The van der Waals surface area contributed by atoms with E-state index in [4.69, 9.17) is 4.74 Å². The molecule has 0 spiro atoms. The lowest BCUT2D eigenvalue weighted by Crippen LogP contribution is -2.34. The number of hydrogen-bond donors (Lipinski definition) is 1. The van der Waals surface area contributed by atoms with Crippen LogP contribution in [0.4, 0.5) is 25.4 Å². The molecule has 3 rings (SSSR count). The number of nitrogens with one attached hydrogen (secondary N) is 1. The number of carbonyl (C=O) groups excluding carboxylic acids is 3. The van der Waals surface area contributed by atoms with Gasteiger partial charge in [-0.2, -0.15) is 0 Å². The summed E-state index contributed by atoms with van der Waals surface area (Å²) in [7, 11) is 1.23. The minimum absolute atomic E-state index is 0.0884. The van der Waals surface area contributed by atoms with E-state index in [0.717, 1.165) is 6.42 Å². The van der Waals surface area contributed by atoms with Crippen LogP contribution in [-0.2, 0) is 20.7 Å². The van der Waals surface area contributed by atoms with E-state index in [2.05, 4.69) is 10.1 Å². The highest BCUT2D eigenvalue weighted by Crippen LogP contribution is 2.36. The van der Waals surface area contributed by atoms with Crippen LogP contribution in [0.2, 0.25) is 0 Å². The van der Waals surface area contributed by atoms with Gasteiger partial charge in [-0.25, -0.2) is 14.0 Å². The number of methoxy groups -OCH3 is 1. The first-order chi connectivity index (χ1) is 12.4. The van der Waals surface area contributed by atoms with Crippen LogP contribution in [0.25, 0.3) is 0 Å². The average molecular weight is 365 g/mol. The van der Waals surface area contributed by atoms with Gasteiger partial charge in [-0.05, 0) is 24.1 Å². The van der Waals surface area contributed by atoms with Crippen LogP contribution in [0.3, 0.4) is 0 Å². The van der Waals surface area contributed by atoms with Gasteiger partial charge in [-0.3, -0.25) is 9.69 Å². The van der Waals surface area contributed by atoms with E-state index in [9.17, 15) is 18.8 Å². The average Bonchev–Trinajstić information content (AvgIpc) is 3.13. The van der Waals surface area contributed by atoms with E-state index < -0.39 is 24.1 Å². The Bertz CT molecular complexity index is 754. The predicted octanol–water partition coefficient (Wildman–Crippen LogP) is 1.81. The van der Waals surface area contributed by atoms with E-state index >= 15 is 0 Å². The van der Waals surface area contributed by atoms with Crippen molar-refractivity contribution in [3.63, 3.8) is 0 Å². The van der Waals surface area contributed by atoms with Gasteiger partial charge in [0.05, 0.1) is 38.0 Å². The Hall–Kier alpha value is -2.84. The SMILES string of the molecule is CCCN1C(=O)Cc2cc(N3C[C@H](CNC(=O)OC)OC3=O)cc(F)c21. The van der Waals surface area contributed by atoms with Crippen molar-refractivity contribution in [1.82, 2.24) is 5.32 Å². The molecule has 2 aliphatic rings. The number of carbonyl (C=O) groups is 3. The maximum atomic E-state index is 14.6. The summed E-state index contributed by atoms with van der Waals surface area (Å²) in [5.74, 6) is -0.692. The summed E-state index contributed by atoms with van der Waals surface area (Å²) in [5, 5.41) is 2.46. The van der Waals surface area contributed by atoms with Crippen LogP contribution in [0.5, 0.6) is 0 Å². The maximum Gasteiger partial charge on any atom is 0.414 e. The first-order valence-corrected chi connectivity index (χ1v) is 8.37. The van der Waals surface area contributed by atoms with Gasteiger partial charge in [-0.1, -0.05) is 6.92 Å². The van der Waals surface area contributed by atoms with Crippen molar-refractivity contribution >= 4 is 29.5 Å². The molecule has 0 radical (unpaired) electrons. The predicted molar refractivity (Wildman–Crippen MR) is 90.8 cm³/mol. The molecule has 9 heteroatoms. The number of nitrogens with zero attached hydrogens (tertiary/aromatic N) is 2. The second-order valence-corrected chi connectivity index (χ2v) is 6.15. The summed E-state index contributed by atoms with van der Waals surface area (Å²) in [4.78, 5) is 38.1. The van der Waals surface area contributed by atoms with Crippen LogP contribution >= 0.6 is 0 Å². The Morgan fingerprint density at radius 2 is 2.19 bits per heavy atom. The van der Waals surface area contributed by atoms with Gasteiger partial charge < -0.3 is 19.7 Å². The summed E-state index contributed by atoms with van der Waals surface area (Å²) >= 11 is 0. The van der Waals surface area contributed by atoms with Crippen molar-refractivity contribution in [1.29, 1.82) is 0 Å². The number of fused-ring (bicyclic) bond motifs is 1. The van der Waals surface area contributed by atoms with Crippen molar-refractivity contribution in [3.8, 4) is 0 Å². The van der Waals surface area contributed by atoms with E-state index in [1.807, 2.05) is 6.92 Å². The zero-order valence-corrected chi connectivity index (χ0v) is 14.6. The minimum atomic E-state index is -0.629. The molecule has 0 aliphatic carbocycles. The molecule has 0 bridgehead atoms. The number of ether oxygens (including phenoxy) is 2. The van der Waals surface area contributed by atoms with Crippen molar-refractivity contribution < 1.29 is 28.2 Å². The molecule has 0 saturated carbocycles. The molecule has 3 amide bonds. The molecule has 0 unspecified atom stereocenters. The second kappa shape index (κ2) is 7.19. The van der Waals surface area contributed by atoms with E-state index in [-0.39, 0.29) is 31.1 Å². The molecule has 1 fully saturated rings. The summed E-state index contributed by atoms with van der Waals surface area (Å²) in [6.07, 6.45) is -1.000. The van der Waals surface area contributed by atoms with E-state index in [1.165, 1.54) is 23.0 Å². The Balaban J connectivity index is 1.78. The van der Waals surface area contributed by atoms with E-state index in [1.54, 1.807) is 6.07 Å². The molecular formula is C17H20FN3O5. The van der Waals surface area contributed by atoms with Crippen molar-refractivity contribution in [3.05, 3.63) is 23.5 Å². The van der Waals surface area contributed by atoms with Crippen LogP contribution in [0.1, 0.15) is 18.9 Å². The van der Waals surface area contributed by atoms with Crippen LogP contribution in [0, 0.1) is 5.82 Å². The van der Waals surface area contributed by atoms with Crippen LogP contribution in [-0.4, -0.2) is 50.9 Å². The highest BCUT2D eigenvalue weighted by atomic mass is 19.1. The number of hydrogen-bond acceptors (Lipinski definition) is 5. The third-order valence-electron chi connectivity index (χ3n) is 4.33. The number of anilines is 2. The van der Waals surface area contributed by atoms with Crippen molar-refractivity contribution in [2.75, 3.05) is 36.5 Å². The highest BCUT2D eigenvalue weighted by Gasteiger charge is 2.36. The molecule has 1 aromatic rings. The van der Waals surface area contributed by atoms with Gasteiger partial charge in [0, 0.05) is 6.54 Å². The Kier molecular flexibility index (Phi) is 4.97. The first-order valence-electron chi connectivity index (χ1n) is 8.37. The second-order valence-electron chi connectivity index (χ2n) is 6.15. The fraction of sp³-hybridized carbons (Fsp3) is 0.471. The highest BCUT2D eigenvalue weighted by molar-refractivity contribution is 6.02. The third kappa shape index (κ3) is 3.29. The lowest BCUT2D eigenvalue weighted by Gasteiger charge is -2.19. The molecule has 1 saturated heterocycles. The molecule has 1 N–H and O–H groups in total. The number of halogens is 1. The molecule has 2 heterocycles. The van der Waals surface area contributed by atoms with Crippen molar-refractivity contribution in [2.24, 2.45) is 0 Å². The fourth-order valence-corrected chi connectivity index (χ4v) is 3.18. The number of alkyl carbamates (subject to hydrolysis) is 1. The lowest BCUT2D eigenvalue weighted by molar-refractivity contribution is -0.117. The molecule has 140 valence electrons. The topological polar surface area (TPSA) is 88.2 Å². The van der Waals surface area contributed by atoms with Gasteiger partial charge in [0.15, 0.2) is 0 Å². The summed E-state index contributed by atoms with van der Waals surface area (Å²) in [6.45, 7) is 2.62. The third-order valence-corrected chi connectivity index (χ3v) is 4.33. The smallest absolute Gasteiger partial charge is 0.414 e. The molecule has 8 nitrogen and oxygen atoms in total. The van der Waals surface area contributed by atoms with Crippen LogP contribution in [0.15, 0.2) is 12.1 Å². The Morgan fingerprint density at radius 3 is 2.88 bits per heavy atom. The fourth-order valence-electron chi connectivity index (χ4n) is 3.18. The van der Waals surface area contributed by atoms with Crippen molar-refractivity contribution in [2.45, 2.75) is 25.9 Å². The van der Waals surface area contributed by atoms with Crippen LogP contribution < -0.4 is 15.1 Å². The normalized spacial score (nSPS) is 18.8. The minimum Gasteiger partial charge on any atom is -0.453 e. The zero-order valence-electron chi connectivity index (χ0n) is 14.6.